The minimum atomic E-state index is 0.0144. The minimum absolute atomic E-state index is 0.0144. The Morgan fingerprint density at radius 3 is 2.81 bits per heavy atom. The van der Waals surface area contributed by atoms with Gasteiger partial charge in [0.25, 0.3) is 0 Å². The molecular weight excluding hydrogens is 350 g/mol. The van der Waals surface area contributed by atoms with Gasteiger partial charge in [-0.15, -0.1) is 0 Å². The molecule has 0 saturated carbocycles. The van der Waals surface area contributed by atoms with Crippen molar-refractivity contribution in [1.82, 2.24) is 9.88 Å². The molecular formula is C20H26ClN3O2. The molecule has 1 aromatic heterocycles. The predicted molar refractivity (Wildman–Crippen MR) is 105 cm³/mol. The summed E-state index contributed by atoms with van der Waals surface area (Å²) in [4.78, 5) is 8.93. The zero-order valence-corrected chi connectivity index (χ0v) is 16.2. The summed E-state index contributed by atoms with van der Waals surface area (Å²) in [7, 11) is 4.06. The largest absolute Gasteiger partial charge is 0.377 e. The first-order chi connectivity index (χ1) is 12.6. The van der Waals surface area contributed by atoms with Crippen molar-refractivity contribution in [1.29, 1.82) is 0 Å². The summed E-state index contributed by atoms with van der Waals surface area (Å²) in [6, 6.07) is 14.1. The van der Waals surface area contributed by atoms with Crippen LogP contribution in [0, 0.1) is 0 Å². The number of hydrogen-bond acceptors (Lipinski definition) is 5. The van der Waals surface area contributed by atoms with Crippen LogP contribution in [0.15, 0.2) is 42.5 Å². The highest BCUT2D eigenvalue weighted by Crippen LogP contribution is 2.24. The molecule has 2 aromatic rings. The zero-order chi connectivity index (χ0) is 18.4. The summed E-state index contributed by atoms with van der Waals surface area (Å²) >= 11 is 6.12. The standard InChI is InChI=1S/C20H26ClN3O2/c1-23(2)13-18-19(8-9-20(21)22-18)24-10-11-25-15-17(12-24)26-14-16-6-4-3-5-7-16/h3-9,17H,10-15H2,1-2H3. The number of benzene rings is 1. The smallest absolute Gasteiger partial charge is 0.129 e. The van der Waals surface area contributed by atoms with E-state index in [1.807, 2.05) is 44.4 Å². The average molecular weight is 376 g/mol. The van der Waals surface area contributed by atoms with E-state index in [2.05, 4.69) is 26.9 Å². The highest BCUT2D eigenvalue weighted by atomic mass is 35.5. The Morgan fingerprint density at radius 1 is 1.23 bits per heavy atom. The SMILES string of the molecule is CN(C)Cc1nc(Cl)ccc1N1CCOCC(OCc2ccccc2)C1. The van der Waals surface area contributed by atoms with Gasteiger partial charge >= 0.3 is 0 Å². The molecule has 2 heterocycles. The first-order valence-electron chi connectivity index (χ1n) is 8.90. The molecule has 3 rings (SSSR count). The molecule has 0 N–H and O–H groups in total. The number of anilines is 1. The molecule has 6 heteroatoms. The second-order valence-corrected chi connectivity index (χ2v) is 7.16. The van der Waals surface area contributed by atoms with Crippen molar-refractivity contribution in [3.63, 3.8) is 0 Å². The topological polar surface area (TPSA) is 37.8 Å². The normalized spacial score (nSPS) is 18.2. The van der Waals surface area contributed by atoms with E-state index < -0.39 is 0 Å². The third-order valence-electron chi connectivity index (χ3n) is 4.28. The van der Waals surface area contributed by atoms with Gasteiger partial charge in [-0.05, 0) is 31.8 Å². The van der Waals surface area contributed by atoms with Crippen LogP contribution < -0.4 is 4.90 Å². The van der Waals surface area contributed by atoms with E-state index in [1.165, 1.54) is 5.56 Å². The number of rotatable bonds is 6. The molecule has 0 spiro atoms. The first kappa shape index (κ1) is 19.1. The molecule has 26 heavy (non-hydrogen) atoms. The van der Waals surface area contributed by atoms with E-state index >= 15 is 0 Å². The fourth-order valence-electron chi connectivity index (χ4n) is 3.06. The average Bonchev–Trinajstić information content (AvgIpc) is 2.86. The summed E-state index contributed by atoms with van der Waals surface area (Å²) < 4.78 is 11.9. The van der Waals surface area contributed by atoms with Crippen LogP contribution in [0.2, 0.25) is 5.15 Å². The Bertz CT molecular complexity index is 697. The van der Waals surface area contributed by atoms with Gasteiger partial charge in [-0.1, -0.05) is 41.9 Å². The van der Waals surface area contributed by atoms with Gasteiger partial charge in [0, 0.05) is 19.6 Å². The molecule has 0 bridgehead atoms. The van der Waals surface area contributed by atoms with Crippen LogP contribution in [0.25, 0.3) is 0 Å². The van der Waals surface area contributed by atoms with Crippen molar-refractivity contribution in [2.45, 2.75) is 19.3 Å². The Balaban J connectivity index is 1.71. The minimum Gasteiger partial charge on any atom is -0.377 e. The van der Waals surface area contributed by atoms with Crippen LogP contribution in [0.4, 0.5) is 5.69 Å². The monoisotopic (exact) mass is 375 g/mol. The molecule has 140 valence electrons. The van der Waals surface area contributed by atoms with Crippen molar-refractivity contribution in [2.24, 2.45) is 0 Å². The summed E-state index contributed by atoms with van der Waals surface area (Å²) in [5.41, 5.74) is 3.25. The number of halogens is 1. The molecule has 0 radical (unpaired) electrons. The number of ether oxygens (including phenoxy) is 2. The molecule has 1 unspecified atom stereocenters. The number of aromatic nitrogens is 1. The Labute approximate surface area is 160 Å². The number of hydrogen-bond donors (Lipinski definition) is 0. The van der Waals surface area contributed by atoms with Crippen LogP contribution in [0.5, 0.6) is 0 Å². The van der Waals surface area contributed by atoms with Crippen molar-refractivity contribution in [3.05, 3.63) is 58.9 Å². The van der Waals surface area contributed by atoms with Gasteiger partial charge in [-0.3, -0.25) is 0 Å². The van der Waals surface area contributed by atoms with Gasteiger partial charge in [0.1, 0.15) is 5.15 Å². The third-order valence-corrected chi connectivity index (χ3v) is 4.50. The Morgan fingerprint density at radius 2 is 2.04 bits per heavy atom. The Kier molecular flexibility index (Phi) is 6.86. The van der Waals surface area contributed by atoms with Gasteiger partial charge < -0.3 is 19.3 Å². The van der Waals surface area contributed by atoms with Crippen molar-refractivity contribution < 1.29 is 9.47 Å². The number of pyridine rings is 1. The lowest BCUT2D eigenvalue weighted by molar-refractivity contribution is -0.00796. The van der Waals surface area contributed by atoms with Crippen LogP contribution in [0.1, 0.15) is 11.3 Å². The highest BCUT2D eigenvalue weighted by Gasteiger charge is 2.22. The maximum atomic E-state index is 6.12. The molecule has 0 amide bonds. The first-order valence-corrected chi connectivity index (χ1v) is 9.28. The second-order valence-electron chi connectivity index (χ2n) is 6.78. The summed E-state index contributed by atoms with van der Waals surface area (Å²) in [6.07, 6.45) is 0.0144. The quantitative estimate of drug-likeness (QED) is 0.725. The van der Waals surface area contributed by atoms with E-state index in [1.54, 1.807) is 0 Å². The van der Waals surface area contributed by atoms with Gasteiger partial charge in [-0.2, -0.15) is 0 Å². The van der Waals surface area contributed by atoms with Gasteiger partial charge in [0.05, 0.1) is 37.3 Å². The molecule has 1 fully saturated rings. The van der Waals surface area contributed by atoms with Crippen LogP contribution in [0.3, 0.4) is 0 Å². The summed E-state index contributed by atoms with van der Waals surface area (Å²) in [6.45, 7) is 4.20. The Hall–Kier alpha value is -1.66. The molecule has 1 aromatic carbocycles. The van der Waals surface area contributed by atoms with Crippen molar-refractivity contribution in [2.75, 3.05) is 45.3 Å². The van der Waals surface area contributed by atoms with E-state index in [9.17, 15) is 0 Å². The summed E-state index contributed by atoms with van der Waals surface area (Å²) in [5.74, 6) is 0. The van der Waals surface area contributed by atoms with Crippen LogP contribution in [-0.2, 0) is 22.6 Å². The van der Waals surface area contributed by atoms with E-state index in [4.69, 9.17) is 21.1 Å². The van der Waals surface area contributed by atoms with Crippen molar-refractivity contribution >= 4 is 17.3 Å². The molecule has 1 saturated heterocycles. The van der Waals surface area contributed by atoms with Crippen LogP contribution >= 0.6 is 11.6 Å². The molecule has 1 aliphatic rings. The maximum absolute atomic E-state index is 6.12. The lowest BCUT2D eigenvalue weighted by atomic mass is 10.2. The second kappa shape index (κ2) is 9.33. The summed E-state index contributed by atoms with van der Waals surface area (Å²) in [5, 5.41) is 0.522. The lowest BCUT2D eigenvalue weighted by Gasteiger charge is -2.28. The zero-order valence-electron chi connectivity index (χ0n) is 15.4. The lowest BCUT2D eigenvalue weighted by Crippen LogP contribution is -2.35. The van der Waals surface area contributed by atoms with E-state index in [-0.39, 0.29) is 6.10 Å². The molecule has 5 nitrogen and oxygen atoms in total. The predicted octanol–water partition coefficient (Wildman–Crippen LogP) is 3.22. The third kappa shape index (κ3) is 5.42. The van der Waals surface area contributed by atoms with E-state index in [0.717, 1.165) is 31.0 Å². The molecule has 1 aliphatic heterocycles. The van der Waals surface area contributed by atoms with E-state index in [0.29, 0.717) is 25.0 Å². The van der Waals surface area contributed by atoms with Crippen molar-refractivity contribution in [3.8, 4) is 0 Å². The fourth-order valence-corrected chi connectivity index (χ4v) is 3.22. The maximum Gasteiger partial charge on any atom is 0.129 e. The fraction of sp³-hybridized carbons (Fsp3) is 0.450. The number of nitrogens with zero attached hydrogens (tertiary/aromatic N) is 3. The van der Waals surface area contributed by atoms with Gasteiger partial charge in [0.2, 0.25) is 0 Å². The molecule has 1 atom stereocenters. The van der Waals surface area contributed by atoms with Gasteiger partial charge in [-0.25, -0.2) is 4.98 Å². The molecule has 0 aliphatic carbocycles. The highest BCUT2D eigenvalue weighted by molar-refractivity contribution is 6.29. The van der Waals surface area contributed by atoms with Gasteiger partial charge in [0.15, 0.2) is 0 Å². The van der Waals surface area contributed by atoms with Crippen LogP contribution in [-0.4, -0.2) is 56.4 Å².